The van der Waals surface area contributed by atoms with Gasteiger partial charge in [0.05, 0.1) is 0 Å². The molecular formula is C13H23N3O2. The van der Waals surface area contributed by atoms with E-state index in [2.05, 4.69) is 36.2 Å². The van der Waals surface area contributed by atoms with Crippen molar-refractivity contribution in [2.24, 2.45) is 11.8 Å². The smallest absolute Gasteiger partial charge is 0.230 e. The molecule has 1 aliphatic heterocycles. The van der Waals surface area contributed by atoms with Crippen LogP contribution in [0.2, 0.25) is 0 Å². The summed E-state index contributed by atoms with van der Waals surface area (Å²) in [6.07, 6.45) is 0.974. The van der Waals surface area contributed by atoms with Crippen LogP contribution in [0.15, 0.2) is 4.52 Å². The van der Waals surface area contributed by atoms with Gasteiger partial charge < -0.3 is 14.6 Å². The molecule has 0 bridgehead atoms. The Bertz CT molecular complexity index is 378. The van der Waals surface area contributed by atoms with Crippen molar-refractivity contribution in [2.45, 2.75) is 39.2 Å². The molecule has 1 N–H and O–H groups in total. The van der Waals surface area contributed by atoms with E-state index in [-0.39, 0.29) is 6.10 Å². The van der Waals surface area contributed by atoms with Gasteiger partial charge in [0.25, 0.3) is 0 Å². The summed E-state index contributed by atoms with van der Waals surface area (Å²) in [6.45, 7) is 8.44. The minimum absolute atomic E-state index is 0.0838. The molecule has 102 valence electrons. The van der Waals surface area contributed by atoms with Crippen molar-refractivity contribution in [2.75, 3.05) is 20.2 Å². The lowest BCUT2D eigenvalue weighted by Crippen LogP contribution is -2.33. The fraction of sp³-hybridized carbons (Fsp3) is 0.846. The number of rotatable bonds is 4. The van der Waals surface area contributed by atoms with Gasteiger partial charge in [-0.1, -0.05) is 25.9 Å². The predicted molar refractivity (Wildman–Crippen MR) is 68.3 cm³/mol. The van der Waals surface area contributed by atoms with Gasteiger partial charge in [-0.05, 0) is 31.3 Å². The van der Waals surface area contributed by atoms with Gasteiger partial charge in [-0.15, -0.1) is 0 Å². The van der Waals surface area contributed by atoms with Gasteiger partial charge in [-0.3, -0.25) is 0 Å². The van der Waals surface area contributed by atoms with Gasteiger partial charge in [-0.25, -0.2) is 0 Å². The fourth-order valence-electron chi connectivity index (χ4n) is 2.57. The lowest BCUT2D eigenvalue weighted by molar-refractivity contribution is 0.0555. The quantitative estimate of drug-likeness (QED) is 0.890. The second-order valence-electron chi connectivity index (χ2n) is 5.47. The lowest BCUT2D eigenvalue weighted by atomic mass is 9.88. The number of nitrogens with one attached hydrogen (secondary N) is 1. The highest BCUT2D eigenvalue weighted by atomic mass is 16.5. The molecule has 3 unspecified atom stereocenters. The topological polar surface area (TPSA) is 60.2 Å². The van der Waals surface area contributed by atoms with Crippen LogP contribution in [-0.2, 0) is 4.74 Å². The summed E-state index contributed by atoms with van der Waals surface area (Å²) in [7, 11) is 1.69. The van der Waals surface area contributed by atoms with E-state index in [1.54, 1.807) is 7.11 Å². The van der Waals surface area contributed by atoms with Gasteiger partial charge in [0.1, 0.15) is 6.10 Å². The Hall–Kier alpha value is -0.940. The molecule has 1 fully saturated rings. The highest BCUT2D eigenvalue weighted by molar-refractivity contribution is 5.01. The van der Waals surface area contributed by atoms with Crippen molar-refractivity contribution in [3.8, 4) is 0 Å². The van der Waals surface area contributed by atoms with Gasteiger partial charge in [0, 0.05) is 13.0 Å². The van der Waals surface area contributed by atoms with Crippen LogP contribution in [0.5, 0.6) is 0 Å². The van der Waals surface area contributed by atoms with Crippen LogP contribution in [-0.4, -0.2) is 30.3 Å². The lowest BCUT2D eigenvalue weighted by Gasteiger charge is -2.26. The maximum absolute atomic E-state index is 5.44. The Labute approximate surface area is 108 Å². The summed E-state index contributed by atoms with van der Waals surface area (Å²) in [6, 6.07) is 0. The first-order chi connectivity index (χ1) is 8.63. The van der Waals surface area contributed by atoms with Crippen molar-refractivity contribution < 1.29 is 9.26 Å². The number of piperidine rings is 1. The second-order valence-corrected chi connectivity index (χ2v) is 5.47. The average Bonchev–Trinajstić information content (AvgIpc) is 2.79. The number of hydrogen-bond acceptors (Lipinski definition) is 5. The highest BCUT2D eigenvalue weighted by Crippen LogP contribution is 2.30. The molecule has 2 heterocycles. The minimum atomic E-state index is -0.0838. The fourth-order valence-corrected chi connectivity index (χ4v) is 2.57. The van der Waals surface area contributed by atoms with Crippen LogP contribution in [0, 0.1) is 11.8 Å². The second kappa shape index (κ2) is 5.80. The first kappa shape index (κ1) is 13.5. The molecule has 3 atom stereocenters. The molecular weight excluding hydrogens is 230 g/mol. The third-order valence-corrected chi connectivity index (χ3v) is 3.67. The maximum Gasteiger partial charge on any atom is 0.230 e. The van der Waals surface area contributed by atoms with Gasteiger partial charge in [0.15, 0.2) is 0 Å². The van der Waals surface area contributed by atoms with Gasteiger partial charge >= 0.3 is 0 Å². The summed E-state index contributed by atoms with van der Waals surface area (Å²) in [5.41, 5.74) is 0. The van der Waals surface area contributed by atoms with E-state index < -0.39 is 0 Å². The third-order valence-electron chi connectivity index (χ3n) is 3.67. The van der Waals surface area contributed by atoms with Gasteiger partial charge in [-0.2, -0.15) is 4.98 Å². The van der Waals surface area contributed by atoms with Crippen LogP contribution >= 0.6 is 0 Å². The molecule has 1 aromatic rings. The van der Waals surface area contributed by atoms with E-state index in [4.69, 9.17) is 9.26 Å². The zero-order valence-electron chi connectivity index (χ0n) is 11.6. The third kappa shape index (κ3) is 2.72. The molecule has 5 heteroatoms. The number of hydrogen-bond donors (Lipinski definition) is 1. The van der Waals surface area contributed by atoms with E-state index in [1.807, 2.05) is 0 Å². The summed E-state index contributed by atoms with van der Waals surface area (Å²) >= 11 is 0. The normalized spacial score (nSPS) is 26.5. The van der Waals surface area contributed by atoms with E-state index in [0.717, 1.165) is 25.4 Å². The zero-order valence-corrected chi connectivity index (χ0v) is 11.6. The first-order valence-corrected chi connectivity index (χ1v) is 6.70. The molecule has 0 radical (unpaired) electrons. The Morgan fingerprint density at radius 2 is 2.22 bits per heavy atom. The van der Waals surface area contributed by atoms with Crippen LogP contribution in [0.25, 0.3) is 0 Å². The SMILES string of the molecule is COC(c1noc(C2CCNCC2C)n1)C(C)C. The molecule has 1 aliphatic rings. The summed E-state index contributed by atoms with van der Waals surface area (Å²) < 4.78 is 10.9. The number of nitrogens with zero attached hydrogens (tertiary/aromatic N) is 2. The molecule has 0 aliphatic carbocycles. The van der Waals surface area contributed by atoms with E-state index >= 15 is 0 Å². The molecule has 0 aromatic carbocycles. The monoisotopic (exact) mass is 253 g/mol. The van der Waals surface area contributed by atoms with Crippen LogP contribution in [0.4, 0.5) is 0 Å². The predicted octanol–water partition coefficient (Wildman–Crippen LogP) is 2.13. The van der Waals surface area contributed by atoms with E-state index in [1.165, 1.54) is 0 Å². The molecule has 5 nitrogen and oxygen atoms in total. The van der Waals surface area contributed by atoms with Crippen molar-refractivity contribution in [3.63, 3.8) is 0 Å². The van der Waals surface area contributed by atoms with Crippen molar-refractivity contribution in [3.05, 3.63) is 11.7 Å². The minimum Gasteiger partial charge on any atom is -0.373 e. The number of aromatic nitrogens is 2. The highest BCUT2D eigenvalue weighted by Gasteiger charge is 2.29. The molecule has 0 spiro atoms. The summed E-state index contributed by atoms with van der Waals surface area (Å²) in [5, 5.41) is 7.47. The number of ether oxygens (including phenoxy) is 1. The van der Waals surface area contributed by atoms with Crippen molar-refractivity contribution >= 4 is 0 Å². The molecule has 18 heavy (non-hydrogen) atoms. The molecule has 0 amide bonds. The summed E-state index contributed by atoms with van der Waals surface area (Å²) in [5.74, 6) is 2.69. The van der Waals surface area contributed by atoms with Crippen molar-refractivity contribution in [1.29, 1.82) is 0 Å². The molecule has 1 aromatic heterocycles. The molecule has 0 saturated carbocycles. The largest absolute Gasteiger partial charge is 0.373 e. The molecule has 1 saturated heterocycles. The molecule has 2 rings (SSSR count). The van der Waals surface area contributed by atoms with Gasteiger partial charge in [0.2, 0.25) is 11.7 Å². The van der Waals surface area contributed by atoms with Crippen molar-refractivity contribution in [1.82, 2.24) is 15.5 Å². The zero-order chi connectivity index (χ0) is 13.1. The van der Waals surface area contributed by atoms with Crippen LogP contribution < -0.4 is 5.32 Å². The van der Waals surface area contributed by atoms with E-state index in [9.17, 15) is 0 Å². The first-order valence-electron chi connectivity index (χ1n) is 6.70. The Morgan fingerprint density at radius 1 is 1.44 bits per heavy atom. The number of methoxy groups -OCH3 is 1. The Morgan fingerprint density at radius 3 is 2.83 bits per heavy atom. The van der Waals surface area contributed by atoms with E-state index in [0.29, 0.717) is 23.6 Å². The van der Waals surface area contributed by atoms with Crippen LogP contribution in [0.1, 0.15) is 50.9 Å². The average molecular weight is 253 g/mol. The Balaban J connectivity index is 2.14. The Kier molecular flexibility index (Phi) is 4.35. The summed E-state index contributed by atoms with van der Waals surface area (Å²) in [4.78, 5) is 4.55. The standard InChI is InChI=1S/C13H23N3O2/c1-8(2)11(17-4)12-15-13(18-16-12)10-5-6-14-7-9(10)3/h8-11,14H,5-7H2,1-4H3. The maximum atomic E-state index is 5.44. The van der Waals surface area contributed by atoms with Crippen LogP contribution in [0.3, 0.4) is 0 Å².